The molecule has 0 spiro atoms. The molecule has 0 radical (unpaired) electrons. The van der Waals surface area contributed by atoms with Crippen molar-refractivity contribution in [3.05, 3.63) is 29.8 Å². The Bertz CT molecular complexity index is 324. The van der Waals surface area contributed by atoms with Gasteiger partial charge in [-0.1, -0.05) is 18.2 Å². The van der Waals surface area contributed by atoms with Gasteiger partial charge in [0.25, 0.3) is 0 Å². The van der Waals surface area contributed by atoms with Gasteiger partial charge >= 0.3 is 0 Å². The normalized spacial score (nSPS) is 22.1. The highest BCUT2D eigenvalue weighted by atomic mass is 16.3. The number of aromatic hydroxyl groups is 1. The van der Waals surface area contributed by atoms with Crippen molar-refractivity contribution >= 4 is 0 Å². The van der Waals surface area contributed by atoms with E-state index in [0.29, 0.717) is 11.8 Å². The van der Waals surface area contributed by atoms with Crippen LogP contribution < -0.4 is 0 Å². The molecule has 1 aliphatic rings. The Morgan fingerprint density at radius 3 is 2.87 bits per heavy atom. The molecule has 1 aromatic carbocycles. The van der Waals surface area contributed by atoms with Gasteiger partial charge in [-0.2, -0.15) is 0 Å². The van der Waals surface area contributed by atoms with Gasteiger partial charge < -0.3 is 10.0 Å². The van der Waals surface area contributed by atoms with Crippen LogP contribution in [0, 0.1) is 0 Å². The molecule has 0 aromatic heterocycles. The number of likely N-dealkylation sites (tertiary alicyclic amines) is 1. The largest absolute Gasteiger partial charge is 0.508 e. The predicted molar refractivity (Wildman–Crippen MR) is 62.1 cm³/mol. The van der Waals surface area contributed by atoms with Gasteiger partial charge in [-0.15, -0.1) is 0 Å². The van der Waals surface area contributed by atoms with Crippen molar-refractivity contribution < 1.29 is 5.11 Å². The lowest BCUT2D eigenvalue weighted by Crippen LogP contribution is -2.25. The Kier molecular flexibility index (Phi) is 3.27. The molecule has 82 valence electrons. The first-order valence-electron chi connectivity index (χ1n) is 5.74. The summed E-state index contributed by atoms with van der Waals surface area (Å²) in [5.41, 5.74) is 1.08. The van der Waals surface area contributed by atoms with Gasteiger partial charge in [0.2, 0.25) is 0 Å². The summed E-state index contributed by atoms with van der Waals surface area (Å²) in [6, 6.07) is 8.37. The van der Waals surface area contributed by atoms with Crippen molar-refractivity contribution in [1.82, 2.24) is 4.90 Å². The Morgan fingerprint density at radius 1 is 1.40 bits per heavy atom. The van der Waals surface area contributed by atoms with E-state index in [1.807, 2.05) is 18.2 Å². The van der Waals surface area contributed by atoms with Gasteiger partial charge in [0.05, 0.1) is 0 Å². The third-order valence-corrected chi connectivity index (χ3v) is 3.41. The van der Waals surface area contributed by atoms with Gasteiger partial charge in [0, 0.05) is 6.04 Å². The highest BCUT2D eigenvalue weighted by molar-refractivity contribution is 5.31. The standard InChI is InChI=1S/C13H19NO/c1-14-10-4-6-12(14)9-8-11-5-2-3-7-13(11)15/h2-3,5,7,12,15H,4,6,8-10H2,1H3. The summed E-state index contributed by atoms with van der Waals surface area (Å²) in [4.78, 5) is 2.43. The highest BCUT2D eigenvalue weighted by Gasteiger charge is 2.20. The van der Waals surface area contributed by atoms with Crippen LogP contribution in [0.3, 0.4) is 0 Å². The SMILES string of the molecule is CN1CCCC1CCc1ccccc1O. The van der Waals surface area contributed by atoms with Crippen LogP contribution in [0.5, 0.6) is 5.75 Å². The molecule has 1 aromatic rings. The van der Waals surface area contributed by atoms with Crippen molar-refractivity contribution in [3.63, 3.8) is 0 Å². The van der Waals surface area contributed by atoms with E-state index in [1.165, 1.54) is 19.4 Å². The molecular formula is C13H19NO. The molecule has 1 aliphatic heterocycles. The van der Waals surface area contributed by atoms with Crippen LogP contribution in [0.15, 0.2) is 24.3 Å². The van der Waals surface area contributed by atoms with E-state index in [4.69, 9.17) is 0 Å². The summed E-state index contributed by atoms with van der Waals surface area (Å²) in [6.45, 7) is 1.23. The summed E-state index contributed by atoms with van der Waals surface area (Å²) < 4.78 is 0. The van der Waals surface area contributed by atoms with Crippen LogP contribution in [0.25, 0.3) is 0 Å². The molecule has 15 heavy (non-hydrogen) atoms. The van der Waals surface area contributed by atoms with Crippen molar-refractivity contribution in [2.45, 2.75) is 31.7 Å². The molecule has 2 rings (SSSR count). The van der Waals surface area contributed by atoms with E-state index in [0.717, 1.165) is 18.4 Å². The fourth-order valence-electron chi connectivity index (χ4n) is 2.39. The maximum atomic E-state index is 9.64. The van der Waals surface area contributed by atoms with Crippen LogP contribution in [0.1, 0.15) is 24.8 Å². The van der Waals surface area contributed by atoms with Crippen molar-refractivity contribution in [3.8, 4) is 5.75 Å². The number of phenols is 1. The van der Waals surface area contributed by atoms with E-state index < -0.39 is 0 Å². The second-order valence-corrected chi connectivity index (χ2v) is 4.44. The Morgan fingerprint density at radius 2 is 2.20 bits per heavy atom. The number of nitrogens with zero attached hydrogens (tertiary/aromatic N) is 1. The summed E-state index contributed by atoms with van der Waals surface area (Å²) >= 11 is 0. The minimum absolute atomic E-state index is 0.443. The second kappa shape index (κ2) is 4.67. The maximum Gasteiger partial charge on any atom is 0.118 e. The predicted octanol–water partition coefficient (Wildman–Crippen LogP) is 2.42. The van der Waals surface area contributed by atoms with E-state index >= 15 is 0 Å². The van der Waals surface area contributed by atoms with Crippen LogP contribution >= 0.6 is 0 Å². The molecule has 0 aliphatic carbocycles. The average Bonchev–Trinajstić information content (AvgIpc) is 2.63. The van der Waals surface area contributed by atoms with Gasteiger partial charge in [-0.3, -0.25) is 0 Å². The summed E-state index contributed by atoms with van der Waals surface area (Å²) in [5, 5.41) is 9.64. The zero-order valence-electron chi connectivity index (χ0n) is 9.32. The minimum Gasteiger partial charge on any atom is -0.508 e. The third kappa shape index (κ3) is 2.51. The van der Waals surface area contributed by atoms with Gasteiger partial charge in [-0.05, 0) is 50.9 Å². The minimum atomic E-state index is 0.443. The zero-order valence-corrected chi connectivity index (χ0v) is 9.32. The van der Waals surface area contributed by atoms with E-state index in [9.17, 15) is 5.11 Å². The van der Waals surface area contributed by atoms with Crippen molar-refractivity contribution in [2.75, 3.05) is 13.6 Å². The number of para-hydroxylation sites is 1. The molecule has 1 atom stereocenters. The lowest BCUT2D eigenvalue weighted by atomic mass is 10.0. The smallest absolute Gasteiger partial charge is 0.118 e. The molecule has 2 nitrogen and oxygen atoms in total. The fraction of sp³-hybridized carbons (Fsp3) is 0.538. The topological polar surface area (TPSA) is 23.5 Å². The molecule has 0 bridgehead atoms. The number of aryl methyl sites for hydroxylation is 1. The number of phenolic OH excluding ortho intramolecular Hbond substituents is 1. The molecule has 1 saturated heterocycles. The van der Waals surface area contributed by atoms with Crippen LogP contribution in [-0.4, -0.2) is 29.6 Å². The monoisotopic (exact) mass is 205 g/mol. The Balaban J connectivity index is 1.90. The highest BCUT2D eigenvalue weighted by Crippen LogP contribution is 2.23. The fourth-order valence-corrected chi connectivity index (χ4v) is 2.39. The number of hydrogen-bond donors (Lipinski definition) is 1. The van der Waals surface area contributed by atoms with Crippen LogP contribution in [-0.2, 0) is 6.42 Å². The molecule has 2 heteroatoms. The number of hydrogen-bond acceptors (Lipinski definition) is 2. The van der Waals surface area contributed by atoms with Gasteiger partial charge in [0.15, 0.2) is 0 Å². The summed E-state index contributed by atoms with van der Waals surface area (Å²) in [6.07, 6.45) is 4.78. The van der Waals surface area contributed by atoms with Gasteiger partial charge in [0.1, 0.15) is 5.75 Å². The first-order valence-corrected chi connectivity index (χ1v) is 5.74. The van der Waals surface area contributed by atoms with Crippen LogP contribution in [0.4, 0.5) is 0 Å². The summed E-state index contributed by atoms with van der Waals surface area (Å²) in [7, 11) is 2.20. The lowest BCUT2D eigenvalue weighted by Gasteiger charge is -2.19. The maximum absolute atomic E-state index is 9.64. The van der Waals surface area contributed by atoms with Gasteiger partial charge in [-0.25, -0.2) is 0 Å². The Labute approximate surface area is 91.5 Å². The van der Waals surface area contributed by atoms with Crippen LogP contribution in [0.2, 0.25) is 0 Å². The van der Waals surface area contributed by atoms with E-state index in [-0.39, 0.29) is 0 Å². The third-order valence-electron chi connectivity index (χ3n) is 3.41. The number of rotatable bonds is 3. The summed E-state index contributed by atoms with van der Waals surface area (Å²) in [5.74, 6) is 0.443. The molecule has 1 unspecified atom stereocenters. The molecule has 1 heterocycles. The number of benzene rings is 1. The molecule has 0 saturated carbocycles. The quantitative estimate of drug-likeness (QED) is 0.819. The first kappa shape index (κ1) is 10.5. The van der Waals surface area contributed by atoms with Crippen molar-refractivity contribution in [1.29, 1.82) is 0 Å². The molecule has 0 amide bonds. The Hall–Kier alpha value is -1.02. The second-order valence-electron chi connectivity index (χ2n) is 4.44. The van der Waals surface area contributed by atoms with E-state index in [2.05, 4.69) is 11.9 Å². The molecule has 1 N–H and O–H groups in total. The zero-order chi connectivity index (χ0) is 10.7. The van der Waals surface area contributed by atoms with Crippen molar-refractivity contribution in [2.24, 2.45) is 0 Å². The first-order chi connectivity index (χ1) is 7.27. The molecule has 1 fully saturated rings. The van der Waals surface area contributed by atoms with E-state index in [1.54, 1.807) is 6.07 Å². The lowest BCUT2D eigenvalue weighted by molar-refractivity contribution is 0.296. The molecular weight excluding hydrogens is 186 g/mol. The average molecular weight is 205 g/mol.